The van der Waals surface area contributed by atoms with Crippen LogP contribution in [0.15, 0.2) is 36.4 Å². The van der Waals surface area contributed by atoms with Gasteiger partial charge in [-0.25, -0.2) is 0 Å². The van der Waals surface area contributed by atoms with Crippen LogP contribution in [-0.4, -0.2) is 5.11 Å². The van der Waals surface area contributed by atoms with Gasteiger partial charge in [0.25, 0.3) is 0 Å². The molecule has 0 aliphatic rings. The van der Waals surface area contributed by atoms with Gasteiger partial charge in [-0.05, 0) is 64.8 Å². The molecule has 0 amide bonds. The highest BCUT2D eigenvalue weighted by Gasteiger charge is 2.15. The lowest BCUT2D eigenvalue weighted by atomic mass is 9.99. The van der Waals surface area contributed by atoms with E-state index in [-0.39, 0.29) is 0 Å². The summed E-state index contributed by atoms with van der Waals surface area (Å²) in [4.78, 5) is 0. The second kappa shape index (κ2) is 5.59. The van der Waals surface area contributed by atoms with Crippen LogP contribution >= 0.6 is 34.2 Å². The lowest BCUT2D eigenvalue weighted by Crippen LogP contribution is -2.03. The summed E-state index contributed by atoms with van der Waals surface area (Å²) >= 11 is 8.37. The summed E-state index contributed by atoms with van der Waals surface area (Å²) < 4.78 is 1.10. The van der Waals surface area contributed by atoms with Gasteiger partial charge in [0.15, 0.2) is 0 Å². The molecule has 0 saturated heterocycles. The monoisotopic (exact) mass is 372 g/mol. The zero-order valence-corrected chi connectivity index (χ0v) is 13.2. The number of aliphatic hydroxyl groups is 1. The molecule has 1 atom stereocenters. The lowest BCUT2D eigenvalue weighted by molar-refractivity contribution is 0.219. The van der Waals surface area contributed by atoms with Crippen molar-refractivity contribution in [2.75, 3.05) is 0 Å². The SMILES string of the molecule is Cc1ccc(C(O)c2cccc(C)c2I)cc1Cl. The zero-order valence-electron chi connectivity index (χ0n) is 10.2. The van der Waals surface area contributed by atoms with Crippen molar-refractivity contribution in [3.05, 3.63) is 67.2 Å². The maximum absolute atomic E-state index is 10.4. The molecule has 2 rings (SSSR count). The minimum absolute atomic E-state index is 0.630. The van der Waals surface area contributed by atoms with E-state index in [1.807, 2.05) is 50.2 Å². The molecule has 18 heavy (non-hydrogen) atoms. The molecule has 0 radical (unpaired) electrons. The largest absolute Gasteiger partial charge is 0.384 e. The second-order valence-electron chi connectivity index (χ2n) is 4.39. The molecule has 1 nitrogen and oxygen atoms in total. The molecule has 0 spiro atoms. The van der Waals surface area contributed by atoms with Crippen molar-refractivity contribution in [1.29, 1.82) is 0 Å². The first-order valence-electron chi connectivity index (χ1n) is 5.70. The number of benzene rings is 2. The highest BCUT2D eigenvalue weighted by atomic mass is 127. The van der Waals surface area contributed by atoms with Crippen molar-refractivity contribution >= 4 is 34.2 Å². The molecule has 0 heterocycles. The Kier molecular flexibility index (Phi) is 4.30. The van der Waals surface area contributed by atoms with Crippen LogP contribution in [0.1, 0.15) is 28.4 Å². The molecule has 2 aromatic carbocycles. The Morgan fingerprint density at radius 1 is 1.11 bits per heavy atom. The van der Waals surface area contributed by atoms with Crippen LogP contribution in [0.5, 0.6) is 0 Å². The molecule has 2 aromatic rings. The average molecular weight is 373 g/mol. The molecule has 0 fully saturated rings. The normalized spacial score (nSPS) is 12.5. The molecule has 3 heteroatoms. The third-order valence-electron chi connectivity index (χ3n) is 3.03. The van der Waals surface area contributed by atoms with Crippen molar-refractivity contribution in [1.82, 2.24) is 0 Å². The van der Waals surface area contributed by atoms with Crippen molar-refractivity contribution in [3.8, 4) is 0 Å². The van der Waals surface area contributed by atoms with Gasteiger partial charge in [0.05, 0.1) is 0 Å². The fourth-order valence-electron chi connectivity index (χ4n) is 1.84. The predicted molar refractivity (Wildman–Crippen MR) is 84.1 cm³/mol. The number of halogens is 2. The maximum atomic E-state index is 10.4. The van der Waals surface area contributed by atoms with E-state index < -0.39 is 6.10 Å². The molecule has 1 unspecified atom stereocenters. The summed E-state index contributed by atoms with van der Waals surface area (Å²) in [6, 6.07) is 11.6. The van der Waals surface area contributed by atoms with Gasteiger partial charge in [-0.2, -0.15) is 0 Å². The van der Waals surface area contributed by atoms with Crippen molar-refractivity contribution < 1.29 is 5.11 Å². The van der Waals surface area contributed by atoms with Gasteiger partial charge < -0.3 is 5.11 Å². The van der Waals surface area contributed by atoms with E-state index >= 15 is 0 Å². The average Bonchev–Trinajstić information content (AvgIpc) is 2.35. The van der Waals surface area contributed by atoms with Crippen LogP contribution in [0.4, 0.5) is 0 Å². The van der Waals surface area contributed by atoms with E-state index in [1.165, 1.54) is 5.56 Å². The lowest BCUT2D eigenvalue weighted by Gasteiger charge is -2.15. The van der Waals surface area contributed by atoms with Gasteiger partial charge in [0.2, 0.25) is 0 Å². The molecule has 0 saturated carbocycles. The van der Waals surface area contributed by atoms with Gasteiger partial charge in [-0.1, -0.05) is 41.9 Å². The van der Waals surface area contributed by atoms with Crippen LogP contribution in [-0.2, 0) is 0 Å². The smallest absolute Gasteiger partial charge is 0.105 e. The van der Waals surface area contributed by atoms with Crippen molar-refractivity contribution in [2.24, 2.45) is 0 Å². The highest BCUT2D eigenvalue weighted by molar-refractivity contribution is 14.1. The third kappa shape index (κ3) is 2.71. The van der Waals surface area contributed by atoms with Gasteiger partial charge in [-0.15, -0.1) is 0 Å². The minimum Gasteiger partial charge on any atom is -0.384 e. The van der Waals surface area contributed by atoms with Crippen molar-refractivity contribution in [2.45, 2.75) is 20.0 Å². The summed E-state index contributed by atoms with van der Waals surface area (Å²) in [6.45, 7) is 4.00. The Balaban J connectivity index is 2.44. The number of hydrogen-bond acceptors (Lipinski definition) is 1. The number of hydrogen-bond donors (Lipinski definition) is 1. The predicted octanol–water partition coefficient (Wildman–Crippen LogP) is 4.64. The Morgan fingerprint density at radius 2 is 1.83 bits per heavy atom. The van der Waals surface area contributed by atoms with E-state index in [9.17, 15) is 5.11 Å². The van der Waals surface area contributed by atoms with Gasteiger partial charge in [-0.3, -0.25) is 0 Å². The van der Waals surface area contributed by atoms with Crippen LogP contribution in [0.3, 0.4) is 0 Å². The molecule has 0 aliphatic heterocycles. The molecule has 0 aromatic heterocycles. The van der Waals surface area contributed by atoms with Crippen LogP contribution in [0.25, 0.3) is 0 Å². The summed E-state index contributed by atoms with van der Waals surface area (Å²) in [5, 5.41) is 11.1. The van der Waals surface area contributed by atoms with Crippen LogP contribution in [0.2, 0.25) is 5.02 Å². The molecular formula is C15H14ClIO. The standard InChI is InChI=1S/C15H14ClIO/c1-9-6-7-11(8-13(9)16)15(18)12-5-3-4-10(2)14(12)17/h3-8,15,18H,1-2H3. The summed E-state index contributed by atoms with van der Waals surface area (Å²) in [7, 11) is 0. The number of aryl methyl sites for hydroxylation is 2. The van der Waals surface area contributed by atoms with Crippen molar-refractivity contribution in [3.63, 3.8) is 0 Å². The first-order chi connectivity index (χ1) is 8.50. The first-order valence-corrected chi connectivity index (χ1v) is 7.15. The zero-order chi connectivity index (χ0) is 13.3. The minimum atomic E-state index is -0.630. The van der Waals surface area contributed by atoms with Crippen LogP contribution in [0, 0.1) is 17.4 Å². The summed E-state index contributed by atoms with van der Waals surface area (Å²) in [5.41, 5.74) is 3.95. The molecule has 94 valence electrons. The van der Waals surface area contributed by atoms with E-state index in [4.69, 9.17) is 11.6 Å². The van der Waals surface area contributed by atoms with E-state index in [0.717, 1.165) is 20.3 Å². The van der Waals surface area contributed by atoms with Crippen LogP contribution < -0.4 is 0 Å². The summed E-state index contributed by atoms with van der Waals surface area (Å²) in [5.74, 6) is 0. The van der Waals surface area contributed by atoms with Gasteiger partial charge in [0, 0.05) is 8.59 Å². The Morgan fingerprint density at radius 3 is 2.50 bits per heavy atom. The Hall–Kier alpha value is -0.580. The molecule has 0 bridgehead atoms. The second-order valence-corrected chi connectivity index (χ2v) is 5.88. The van der Waals surface area contributed by atoms with E-state index in [2.05, 4.69) is 22.6 Å². The summed E-state index contributed by atoms with van der Waals surface area (Å²) in [6.07, 6.45) is -0.630. The van der Waals surface area contributed by atoms with Gasteiger partial charge >= 0.3 is 0 Å². The molecule has 0 aliphatic carbocycles. The quantitative estimate of drug-likeness (QED) is 0.761. The van der Waals surface area contributed by atoms with E-state index in [1.54, 1.807) is 0 Å². The highest BCUT2D eigenvalue weighted by Crippen LogP contribution is 2.30. The number of rotatable bonds is 2. The number of aliphatic hydroxyl groups excluding tert-OH is 1. The first kappa shape index (κ1) is 13.8. The third-order valence-corrected chi connectivity index (χ3v) is 4.91. The van der Waals surface area contributed by atoms with Gasteiger partial charge in [0.1, 0.15) is 6.10 Å². The fourth-order valence-corrected chi connectivity index (χ4v) is 2.68. The Labute approximate surface area is 126 Å². The fraction of sp³-hybridized carbons (Fsp3) is 0.200. The van der Waals surface area contributed by atoms with E-state index in [0.29, 0.717) is 5.02 Å². The Bertz CT molecular complexity index is 581. The molecular weight excluding hydrogens is 359 g/mol. The topological polar surface area (TPSA) is 20.2 Å². The maximum Gasteiger partial charge on any atom is 0.105 e. The molecule has 1 N–H and O–H groups in total.